The number of nitrogens with one attached hydrogen (secondary N) is 1. The summed E-state index contributed by atoms with van der Waals surface area (Å²) < 4.78 is 14.1. The average Bonchev–Trinajstić information content (AvgIpc) is 2.55. The molecule has 0 aromatic heterocycles. The van der Waals surface area contributed by atoms with Crippen molar-refractivity contribution in [3.63, 3.8) is 0 Å². The van der Waals surface area contributed by atoms with Crippen LogP contribution in [0.3, 0.4) is 0 Å². The van der Waals surface area contributed by atoms with E-state index < -0.39 is 0 Å². The maximum Gasteiger partial charge on any atom is 0.124 e. The monoisotopic (exact) mass is 314 g/mol. The SMILES string of the molecule is CN(Cc1cc(F)cc(Br)c1)C1CCCNCC1. The smallest absolute Gasteiger partial charge is 0.124 e. The van der Waals surface area contributed by atoms with Gasteiger partial charge < -0.3 is 5.32 Å². The number of rotatable bonds is 3. The molecule has 1 saturated heterocycles. The van der Waals surface area contributed by atoms with Crippen LogP contribution < -0.4 is 5.32 Å². The van der Waals surface area contributed by atoms with Gasteiger partial charge in [0.1, 0.15) is 5.82 Å². The van der Waals surface area contributed by atoms with Gasteiger partial charge in [-0.15, -0.1) is 0 Å². The zero-order chi connectivity index (χ0) is 13.0. The second kappa shape index (κ2) is 6.64. The van der Waals surface area contributed by atoms with Gasteiger partial charge in [-0.1, -0.05) is 15.9 Å². The lowest BCUT2D eigenvalue weighted by molar-refractivity contribution is 0.216. The lowest BCUT2D eigenvalue weighted by Gasteiger charge is -2.27. The van der Waals surface area contributed by atoms with Crippen LogP contribution in [0.15, 0.2) is 22.7 Å². The van der Waals surface area contributed by atoms with Crippen LogP contribution in [0.4, 0.5) is 4.39 Å². The zero-order valence-corrected chi connectivity index (χ0v) is 12.3. The standard InChI is InChI=1S/C14H20BrFN2/c1-18(14-3-2-5-17-6-4-14)10-11-7-12(15)9-13(16)8-11/h7-9,14,17H,2-6,10H2,1H3. The quantitative estimate of drug-likeness (QED) is 0.922. The third kappa shape index (κ3) is 4.04. The molecule has 1 aliphatic rings. The minimum Gasteiger partial charge on any atom is -0.317 e. The first kappa shape index (κ1) is 14.0. The Morgan fingerprint density at radius 3 is 2.94 bits per heavy atom. The van der Waals surface area contributed by atoms with Crippen LogP contribution in [-0.2, 0) is 6.54 Å². The van der Waals surface area contributed by atoms with Gasteiger partial charge in [-0.3, -0.25) is 4.90 Å². The molecule has 100 valence electrons. The van der Waals surface area contributed by atoms with Crippen molar-refractivity contribution in [2.45, 2.75) is 31.8 Å². The molecule has 1 N–H and O–H groups in total. The maximum atomic E-state index is 13.3. The van der Waals surface area contributed by atoms with Crippen molar-refractivity contribution in [2.75, 3.05) is 20.1 Å². The molecule has 18 heavy (non-hydrogen) atoms. The number of hydrogen-bond donors (Lipinski definition) is 1. The van der Waals surface area contributed by atoms with E-state index in [1.54, 1.807) is 6.07 Å². The molecule has 1 aromatic carbocycles. The summed E-state index contributed by atoms with van der Waals surface area (Å²) >= 11 is 3.34. The van der Waals surface area contributed by atoms with E-state index in [2.05, 4.69) is 33.2 Å². The fourth-order valence-electron chi connectivity index (χ4n) is 2.56. The molecule has 1 aromatic rings. The Bertz CT molecular complexity index is 369. The molecular formula is C14H20BrFN2. The lowest BCUT2D eigenvalue weighted by Crippen LogP contribution is -2.32. The Morgan fingerprint density at radius 2 is 2.17 bits per heavy atom. The van der Waals surface area contributed by atoms with Crippen molar-refractivity contribution in [2.24, 2.45) is 0 Å². The third-order valence-corrected chi connectivity index (χ3v) is 3.98. The minimum absolute atomic E-state index is 0.171. The molecule has 0 bridgehead atoms. The van der Waals surface area contributed by atoms with Crippen molar-refractivity contribution < 1.29 is 4.39 Å². The molecular weight excluding hydrogens is 295 g/mol. The third-order valence-electron chi connectivity index (χ3n) is 3.52. The van der Waals surface area contributed by atoms with Gasteiger partial charge in [0, 0.05) is 17.1 Å². The molecule has 0 spiro atoms. The Balaban J connectivity index is 1.98. The van der Waals surface area contributed by atoms with Gasteiger partial charge in [-0.05, 0) is 63.2 Å². The summed E-state index contributed by atoms with van der Waals surface area (Å²) in [6.07, 6.45) is 3.62. The topological polar surface area (TPSA) is 15.3 Å². The Morgan fingerprint density at radius 1 is 1.33 bits per heavy atom. The molecule has 0 radical (unpaired) electrons. The first-order valence-electron chi connectivity index (χ1n) is 6.51. The van der Waals surface area contributed by atoms with Crippen molar-refractivity contribution in [1.29, 1.82) is 0 Å². The van der Waals surface area contributed by atoms with Crippen molar-refractivity contribution in [3.8, 4) is 0 Å². The summed E-state index contributed by atoms with van der Waals surface area (Å²) in [6.45, 7) is 3.01. The second-order valence-corrected chi connectivity index (χ2v) is 5.94. The molecule has 0 amide bonds. The highest BCUT2D eigenvalue weighted by Gasteiger charge is 2.17. The van der Waals surface area contributed by atoms with E-state index in [0.29, 0.717) is 6.04 Å². The summed E-state index contributed by atoms with van der Waals surface area (Å²) in [7, 11) is 2.13. The summed E-state index contributed by atoms with van der Waals surface area (Å²) in [4.78, 5) is 2.34. The molecule has 0 aliphatic carbocycles. The van der Waals surface area contributed by atoms with Gasteiger partial charge >= 0.3 is 0 Å². The van der Waals surface area contributed by atoms with Crippen LogP contribution in [-0.4, -0.2) is 31.1 Å². The molecule has 1 heterocycles. The van der Waals surface area contributed by atoms with Crippen LogP contribution in [0.25, 0.3) is 0 Å². The van der Waals surface area contributed by atoms with E-state index in [0.717, 1.165) is 29.7 Å². The normalized spacial score (nSPS) is 21.0. The number of nitrogens with zero attached hydrogens (tertiary/aromatic N) is 1. The molecule has 0 saturated carbocycles. The number of halogens is 2. The predicted molar refractivity (Wildman–Crippen MR) is 76.1 cm³/mol. The Hall–Kier alpha value is -0.450. The van der Waals surface area contributed by atoms with Crippen molar-refractivity contribution >= 4 is 15.9 Å². The summed E-state index contributed by atoms with van der Waals surface area (Å²) in [6, 6.07) is 5.71. The van der Waals surface area contributed by atoms with Crippen LogP contribution in [0.1, 0.15) is 24.8 Å². The fourth-order valence-corrected chi connectivity index (χ4v) is 3.07. The van der Waals surface area contributed by atoms with Gasteiger partial charge in [-0.2, -0.15) is 0 Å². The first-order valence-corrected chi connectivity index (χ1v) is 7.30. The maximum absolute atomic E-state index is 13.3. The van der Waals surface area contributed by atoms with Crippen molar-refractivity contribution in [3.05, 3.63) is 34.1 Å². The predicted octanol–water partition coefficient (Wildman–Crippen LogP) is 3.16. The molecule has 4 heteroatoms. The highest BCUT2D eigenvalue weighted by molar-refractivity contribution is 9.10. The fraction of sp³-hybridized carbons (Fsp3) is 0.571. The molecule has 1 fully saturated rings. The highest BCUT2D eigenvalue weighted by Crippen LogP contribution is 2.19. The van der Waals surface area contributed by atoms with Gasteiger partial charge in [0.2, 0.25) is 0 Å². The van der Waals surface area contributed by atoms with Crippen LogP contribution in [0.5, 0.6) is 0 Å². The van der Waals surface area contributed by atoms with Crippen LogP contribution in [0.2, 0.25) is 0 Å². The van der Waals surface area contributed by atoms with Crippen molar-refractivity contribution in [1.82, 2.24) is 10.2 Å². The van der Waals surface area contributed by atoms with Gasteiger partial charge in [0.15, 0.2) is 0 Å². The van der Waals surface area contributed by atoms with Crippen LogP contribution >= 0.6 is 15.9 Å². The molecule has 1 aliphatic heterocycles. The molecule has 2 rings (SSSR count). The Kier molecular flexibility index (Phi) is 5.15. The highest BCUT2D eigenvalue weighted by atomic mass is 79.9. The largest absolute Gasteiger partial charge is 0.317 e. The number of benzene rings is 1. The summed E-state index contributed by atoms with van der Waals surface area (Å²) in [5.41, 5.74) is 1.03. The van der Waals surface area contributed by atoms with E-state index in [1.165, 1.54) is 25.3 Å². The minimum atomic E-state index is -0.171. The zero-order valence-electron chi connectivity index (χ0n) is 10.8. The lowest BCUT2D eigenvalue weighted by atomic mass is 10.1. The molecule has 1 unspecified atom stereocenters. The summed E-state index contributed by atoms with van der Waals surface area (Å²) in [5, 5.41) is 3.42. The van der Waals surface area contributed by atoms with Gasteiger partial charge in [-0.25, -0.2) is 4.39 Å². The van der Waals surface area contributed by atoms with Gasteiger partial charge in [0.05, 0.1) is 0 Å². The van der Waals surface area contributed by atoms with E-state index >= 15 is 0 Å². The number of hydrogen-bond acceptors (Lipinski definition) is 2. The van der Waals surface area contributed by atoms with Gasteiger partial charge in [0.25, 0.3) is 0 Å². The van der Waals surface area contributed by atoms with E-state index in [4.69, 9.17) is 0 Å². The average molecular weight is 315 g/mol. The molecule has 2 nitrogen and oxygen atoms in total. The Labute approximate surface area is 117 Å². The van der Waals surface area contributed by atoms with E-state index in [-0.39, 0.29) is 5.82 Å². The van der Waals surface area contributed by atoms with Crippen LogP contribution in [0, 0.1) is 5.82 Å². The first-order chi connectivity index (χ1) is 8.65. The molecule has 1 atom stereocenters. The second-order valence-electron chi connectivity index (χ2n) is 5.03. The van der Waals surface area contributed by atoms with E-state index in [9.17, 15) is 4.39 Å². The summed E-state index contributed by atoms with van der Waals surface area (Å²) in [5.74, 6) is -0.171. The van der Waals surface area contributed by atoms with E-state index in [1.807, 2.05) is 6.07 Å².